The smallest absolute Gasteiger partial charge is 0.344 e. The van der Waals surface area contributed by atoms with Gasteiger partial charge in [0.05, 0.1) is 6.61 Å². The van der Waals surface area contributed by atoms with Crippen LogP contribution < -0.4 is 15.0 Å². The maximum absolute atomic E-state index is 12.3. The minimum atomic E-state index is -0.664. The van der Waals surface area contributed by atoms with Gasteiger partial charge in [0, 0.05) is 29.3 Å². The number of nitrogens with zero attached hydrogens (tertiary/aromatic N) is 2. The lowest BCUT2D eigenvalue weighted by atomic mass is 10.2. The predicted octanol–water partition coefficient (Wildman–Crippen LogP) is 4.82. The van der Waals surface area contributed by atoms with Crippen LogP contribution in [0.25, 0.3) is 0 Å². The highest BCUT2D eigenvalue weighted by molar-refractivity contribution is 5.96. The molecule has 0 aliphatic heterocycles. The molecule has 0 radical (unpaired) electrons. The summed E-state index contributed by atoms with van der Waals surface area (Å²) < 4.78 is 10.4. The molecule has 1 N–H and O–H groups in total. The van der Waals surface area contributed by atoms with E-state index in [-0.39, 0.29) is 17.5 Å². The molecule has 7 heteroatoms. The van der Waals surface area contributed by atoms with Gasteiger partial charge in [0.25, 0.3) is 5.91 Å². The van der Waals surface area contributed by atoms with Gasteiger partial charge in [-0.1, -0.05) is 18.2 Å². The largest absolute Gasteiger partial charge is 0.477 e. The summed E-state index contributed by atoms with van der Waals surface area (Å²) in [4.78, 5) is 30.8. The molecule has 0 atom stereocenters. The standard InChI is InChI=1S/C25H27N3O4/c1-4-31-24-22(11-8-16-26-24)25(30)32-17-23(29)27-19-12-14-21(15-13-19)28(18(2)3)20-9-6-5-7-10-20/h5-16,18H,4,17H2,1-3H3,(H,27,29). The second-order valence-electron chi connectivity index (χ2n) is 7.26. The van der Waals surface area contributed by atoms with Crippen LogP contribution in [0.4, 0.5) is 17.1 Å². The zero-order valence-electron chi connectivity index (χ0n) is 18.4. The molecule has 1 heterocycles. The number of carbonyl (C=O) groups is 2. The van der Waals surface area contributed by atoms with Crippen molar-refractivity contribution in [1.82, 2.24) is 4.98 Å². The maximum Gasteiger partial charge on any atom is 0.344 e. The molecule has 1 aromatic heterocycles. The Labute approximate surface area is 188 Å². The molecule has 0 saturated heterocycles. The molecular weight excluding hydrogens is 406 g/mol. The van der Waals surface area contributed by atoms with Crippen molar-refractivity contribution < 1.29 is 19.1 Å². The number of carbonyl (C=O) groups excluding carboxylic acids is 2. The molecule has 0 spiro atoms. The minimum Gasteiger partial charge on any atom is -0.477 e. The summed E-state index contributed by atoms with van der Waals surface area (Å²) in [5.74, 6) is -0.914. The Balaban J connectivity index is 1.60. The van der Waals surface area contributed by atoms with Gasteiger partial charge in [0.1, 0.15) is 5.56 Å². The van der Waals surface area contributed by atoms with E-state index in [1.54, 1.807) is 19.1 Å². The summed E-state index contributed by atoms with van der Waals surface area (Å²) in [6.45, 7) is 5.99. The van der Waals surface area contributed by atoms with Crippen molar-refractivity contribution in [2.75, 3.05) is 23.4 Å². The summed E-state index contributed by atoms with van der Waals surface area (Å²) in [6.07, 6.45) is 1.52. The van der Waals surface area contributed by atoms with Gasteiger partial charge < -0.3 is 19.7 Å². The molecule has 1 amide bonds. The van der Waals surface area contributed by atoms with Gasteiger partial charge in [0.2, 0.25) is 5.88 Å². The number of hydrogen-bond donors (Lipinski definition) is 1. The van der Waals surface area contributed by atoms with Gasteiger partial charge in [-0.25, -0.2) is 9.78 Å². The summed E-state index contributed by atoms with van der Waals surface area (Å²) in [5, 5.41) is 2.74. The third-order valence-corrected chi connectivity index (χ3v) is 4.59. The predicted molar refractivity (Wildman–Crippen MR) is 124 cm³/mol. The van der Waals surface area contributed by atoms with E-state index in [2.05, 4.69) is 41.2 Å². The molecule has 0 bridgehead atoms. The van der Waals surface area contributed by atoms with Crippen molar-refractivity contribution in [3.63, 3.8) is 0 Å². The van der Waals surface area contributed by atoms with E-state index < -0.39 is 18.5 Å². The number of amides is 1. The van der Waals surface area contributed by atoms with Crippen LogP contribution in [0.3, 0.4) is 0 Å². The van der Waals surface area contributed by atoms with Crippen molar-refractivity contribution in [3.8, 4) is 5.88 Å². The fourth-order valence-corrected chi connectivity index (χ4v) is 3.24. The van der Waals surface area contributed by atoms with Crippen LogP contribution in [0, 0.1) is 0 Å². The van der Waals surface area contributed by atoms with Crippen molar-refractivity contribution >= 4 is 28.9 Å². The van der Waals surface area contributed by atoms with E-state index >= 15 is 0 Å². The average Bonchev–Trinajstić information content (AvgIpc) is 2.80. The van der Waals surface area contributed by atoms with Crippen LogP contribution in [0.5, 0.6) is 5.88 Å². The molecule has 0 aliphatic rings. The summed E-state index contributed by atoms with van der Waals surface area (Å²) in [5.41, 5.74) is 2.90. The molecule has 3 rings (SSSR count). The first-order valence-corrected chi connectivity index (χ1v) is 10.5. The molecule has 0 unspecified atom stereocenters. The van der Waals surface area contributed by atoms with Crippen LogP contribution in [0.2, 0.25) is 0 Å². The number of anilines is 3. The number of benzene rings is 2. The number of aromatic nitrogens is 1. The highest BCUT2D eigenvalue weighted by Crippen LogP contribution is 2.28. The Morgan fingerprint density at radius 3 is 2.31 bits per heavy atom. The van der Waals surface area contributed by atoms with E-state index in [0.717, 1.165) is 11.4 Å². The fraction of sp³-hybridized carbons (Fsp3) is 0.240. The fourth-order valence-electron chi connectivity index (χ4n) is 3.24. The van der Waals surface area contributed by atoms with E-state index in [1.165, 1.54) is 6.20 Å². The van der Waals surface area contributed by atoms with Crippen LogP contribution in [0.15, 0.2) is 72.9 Å². The second-order valence-corrected chi connectivity index (χ2v) is 7.26. The Bertz CT molecular complexity index is 1040. The van der Waals surface area contributed by atoms with E-state index in [0.29, 0.717) is 12.3 Å². The first-order valence-electron chi connectivity index (χ1n) is 10.5. The number of ether oxygens (including phenoxy) is 2. The molecule has 0 saturated carbocycles. The summed E-state index contributed by atoms with van der Waals surface area (Å²) >= 11 is 0. The molecule has 3 aromatic rings. The molecule has 0 fully saturated rings. The van der Waals surface area contributed by atoms with Crippen molar-refractivity contribution in [2.24, 2.45) is 0 Å². The number of hydrogen-bond acceptors (Lipinski definition) is 6. The Kier molecular flexibility index (Phi) is 7.80. The van der Waals surface area contributed by atoms with E-state index in [4.69, 9.17) is 9.47 Å². The van der Waals surface area contributed by atoms with Gasteiger partial charge in [-0.3, -0.25) is 4.79 Å². The van der Waals surface area contributed by atoms with Crippen molar-refractivity contribution in [2.45, 2.75) is 26.8 Å². The average molecular weight is 434 g/mol. The minimum absolute atomic E-state index is 0.182. The van der Waals surface area contributed by atoms with Gasteiger partial charge in [0.15, 0.2) is 6.61 Å². The van der Waals surface area contributed by atoms with Gasteiger partial charge in [-0.15, -0.1) is 0 Å². The number of para-hydroxylation sites is 1. The number of esters is 1. The van der Waals surface area contributed by atoms with E-state index in [1.807, 2.05) is 42.5 Å². The lowest BCUT2D eigenvalue weighted by Gasteiger charge is -2.29. The number of rotatable bonds is 9. The van der Waals surface area contributed by atoms with Crippen molar-refractivity contribution in [3.05, 3.63) is 78.5 Å². The molecule has 2 aromatic carbocycles. The van der Waals surface area contributed by atoms with Gasteiger partial charge >= 0.3 is 5.97 Å². The maximum atomic E-state index is 12.3. The Morgan fingerprint density at radius 1 is 0.969 bits per heavy atom. The molecule has 32 heavy (non-hydrogen) atoms. The lowest BCUT2D eigenvalue weighted by molar-refractivity contribution is -0.119. The lowest BCUT2D eigenvalue weighted by Crippen LogP contribution is -2.25. The normalized spacial score (nSPS) is 10.5. The number of pyridine rings is 1. The van der Waals surface area contributed by atoms with Crippen LogP contribution in [0.1, 0.15) is 31.1 Å². The van der Waals surface area contributed by atoms with Crippen LogP contribution in [-0.4, -0.2) is 36.1 Å². The quantitative estimate of drug-likeness (QED) is 0.487. The number of nitrogens with one attached hydrogen (secondary N) is 1. The first-order chi connectivity index (χ1) is 15.5. The van der Waals surface area contributed by atoms with Gasteiger partial charge in [-0.2, -0.15) is 0 Å². The Morgan fingerprint density at radius 2 is 1.66 bits per heavy atom. The molecular formula is C25H27N3O4. The molecule has 7 nitrogen and oxygen atoms in total. The van der Waals surface area contributed by atoms with Crippen molar-refractivity contribution in [1.29, 1.82) is 0 Å². The third kappa shape index (κ3) is 5.85. The Hall–Kier alpha value is -3.87. The highest BCUT2D eigenvalue weighted by Gasteiger charge is 2.17. The second kappa shape index (κ2) is 10.9. The topological polar surface area (TPSA) is 80.8 Å². The molecule has 0 aliphatic carbocycles. The zero-order chi connectivity index (χ0) is 22.9. The summed E-state index contributed by atoms with van der Waals surface area (Å²) in [7, 11) is 0. The third-order valence-electron chi connectivity index (χ3n) is 4.59. The zero-order valence-corrected chi connectivity index (χ0v) is 18.4. The monoisotopic (exact) mass is 433 g/mol. The highest BCUT2D eigenvalue weighted by atomic mass is 16.5. The summed E-state index contributed by atoms with van der Waals surface area (Å²) in [6, 6.07) is 21.0. The van der Waals surface area contributed by atoms with Crippen LogP contribution >= 0.6 is 0 Å². The van der Waals surface area contributed by atoms with E-state index in [9.17, 15) is 9.59 Å². The van der Waals surface area contributed by atoms with Crippen LogP contribution in [-0.2, 0) is 9.53 Å². The molecule has 166 valence electrons. The first kappa shape index (κ1) is 22.8. The SMILES string of the molecule is CCOc1ncccc1C(=O)OCC(=O)Nc1ccc(N(c2ccccc2)C(C)C)cc1. The van der Waals surface area contributed by atoms with Gasteiger partial charge in [-0.05, 0) is 69.3 Å².